The van der Waals surface area contributed by atoms with Crippen molar-refractivity contribution in [3.05, 3.63) is 118 Å². The van der Waals surface area contributed by atoms with Gasteiger partial charge in [-0.05, 0) is 97.9 Å². The number of anilines is 1. The number of phenolic OH excluding ortho intramolecular Hbond substituents is 2. The minimum absolute atomic E-state index is 0.0252. The standard InChI is InChI=1S/C45H41ClN4O6S/c1-5-7-25-8-6-9-30(39(25)52)38-28-15-16-29-37(43(55)49(41(29)53)19-18-24-10-13-27(51)14-11-24)32(28)21-33-42(54)50(44(56)45(33,38)3)36-22-34(47-48(36)4)40-23(2)31-20-26(46)12-17-35(31)57-40/h5-6,8-15,17,20,22,29,32-33,37-38,51-52H,1,7,16,18-19,21H2,2-4H3/t29-,32+,33-,37-,38+,45+/m0/s1. The third-order valence-corrected chi connectivity index (χ3v) is 14.5. The van der Waals surface area contributed by atoms with Gasteiger partial charge in [-0.15, -0.1) is 17.9 Å². The molecule has 3 aromatic carbocycles. The maximum absolute atomic E-state index is 15.2. The molecule has 57 heavy (non-hydrogen) atoms. The number of aromatic hydroxyl groups is 2. The van der Waals surface area contributed by atoms with E-state index in [0.717, 1.165) is 31.7 Å². The lowest BCUT2D eigenvalue weighted by Crippen LogP contribution is -2.49. The second-order valence-corrected chi connectivity index (χ2v) is 17.5. The number of aromatic nitrogens is 2. The van der Waals surface area contributed by atoms with Crippen molar-refractivity contribution in [3.8, 4) is 22.1 Å². The Bertz CT molecular complexity index is 2590. The number of hydrogen-bond acceptors (Lipinski definition) is 8. The molecule has 4 heterocycles. The molecule has 4 amide bonds. The Kier molecular flexibility index (Phi) is 8.82. The monoisotopic (exact) mass is 800 g/mol. The van der Waals surface area contributed by atoms with E-state index in [1.54, 1.807) is 65.5 Å². The van der Waals surface area contributed by atoms with Crippen molar-refractivity contribution in [2.45, 2.75) is 45.4 Å². The number of likely N-dealkylation sites (tertiary alicyclic amines) is 1. The van der Waals surface area contributed by atoms with Gasteiger partial charge in [0.15, 0.2) is 0 Å². The van der Waals surface area contributed by atoms with Gasteiger partial charge in [-0.1, -0.05) is 59.7 Å². The molecule has 4 aliphatic rings. The normalized spacial score (nSPS) is 25.5. The SMILES string of the molecule is C=CCc1cccc([C@H]2C3=CC[C@@H]4C(=O)N(CCc5ccc(O)cc5)C(=O)[C@@H]4[C@@H]3C[C@H]3C(=O)N(c4cc(-c5sc6ccc(Cl)cc6c5C)nn4C)C(=O)[C@@]23C)c1O. The minimum Gasteiger partial charge on any atom is -0.508 e. The number of carbonyl (C=O) groups excluding carboxylic acids is 4. The molecule has 1 saturated carbocycles. The van der Waals surface area contributed by atoms with Crippen molar-refractivity contribution in [3.63, 3.8) is 0 Å². The van der Waals surface area contributed by atoms with Gasteiger partial charge in [-0.3, -0.25) is 28.8 Å². The van der Waals surface area contributed by atoms with Crippen LogP contribution in [-0.4, -0.2) is 55.1 Å². The number of carbonyl (C=O) groups is 4. The van der Waals surface area contributed by atoms with Gasteiger partial charge >= 0.3 is 0 Å². The molecular weight excluding hydrogens is 760 g/mol. The van der Waals surface area contributed by atoms with E-state index in [1.165, 1.54) is 9.80 Å². The van der Waals surface area contributed by atoms with E-state index in [4.69, 9.17) is 16.7 Å². The summed E-state index contributed by atoms with van der Waals surface area (Å²) in [5.74, 6) is -4.29. The van der Waals surface area contributed by atoms with Gasteiger partial charge < -0.3 is 10.2 Å². The summed E-state index contributed by atoms with van der Waals surface area (Å²) in [4.78, 5) is 62.1. The van der Waals surface area contributed by atoms with Crippen LogP contribution in [0.1, 0.15) is 47.9 Å². The molecule has 3 fully saturated rings. The van der Waals surface area contributed by atoms with E-state index >= 15 is 4.79 Å². The fourth-order valence-corrected chi connectivity index (χ4v) is 11.5. The van der Waals surface area contributed by atoms with Crippen LogP contribution in [0.2, 0.25) is 5.02 Å². The molecule has 2 saturated heterocycles. The van der Waals surface area contributed by atoms with Crippen molar-refractivity contribution >= 4 is 62.5 Å². The lowest BCUT2D eigenvalue weighted by Gasteiger charge is -2.49. The predicted molar refractivity (Wildman–Crippen MR) is 219 cm³/mol. The first-order chi connectivity index (χ1) is 27.3. The molecule has 2 aliphatic carbocycles. The average Bonchev–Trinajstić information content (AvgIpc) is 3.86. The quantitative estimate of drug-likeness (QED) is 0.121. The number of nitrogens with zero attached hydrogens (tertiary/aromatic N) is 4. The van der Waals surface area contributed by atoms with E-state index in [9.17, 15) is 24.6 Å². The van der Waals surface area contributed by atoms with Gasteiger partial charge in [0.1, 0.15) is 23.0 Å². The highest BCUT2D eigenvalue weighted by Gasteiger charge is 2.68. The predicted octanol–water partition coefficient (Wildman–Crippen LogP) is 7.88. The third kappa shape index (κ3) is 5.53. The molecule has 2 aromatic heterocycles. The molecule has 10 nitrogen and oxygen atoms in total. The Morgan fingerprint density at radius 2 is 1.77 bits per heavy atom. The summed E-state index contributed by atoms with van der Waals surface area (Å²) in [7, 11) is 1.72. The highest BCUT2D eigenvalue weighted by Crippen LogP contribution is 2.64. The van der Waals surface area contributed by atoms with Crippen molar-refractivity contribution < 1.29 is 29.4 Å². The zero-order chi connectivity index (χ0) is 40.1. The highest BCUT2D eigenvalue weighted by atomic mass is 35.5. The lowest BCUT2D eigenvalue weighted by molar-refractivity contribution is -0.140. The van der Waals surface area contributed by atoms with E-state index in [1.807, 2.05) is 50.3 Å². The number of amides is 4. The van der Waals surface area contributed by atoms with Crippen LogP contribution in [0.25, 0.3) is 20.7 Å². The lowest BCUT2D eigenvalue weighted by atomic mass is 9.51. The van der Waals surface area contributed by atoms with Gasteiger partial charge in [0, 0.05) is 40.9 Å². The summed E-state index contributed by atoms with van der Waals surface area (Å²) in [6.07, 6.45) is 5.01. The number of phenols is 2. The third-order valence-electron chi connectivity index (χ3n) is 13.0. The summed E-state index contributed by atoms with van der Waals surface area (Å²) in [5, 5.41) is 28.1. The van der Waals surface area contributed by atoms with E-state index < -0.39 is 46.8 Å². The average molecular weight is 801 g/mol. The van der Waals surface area contributed by atoms with Crippen LogP contribution in [0, 0.1) is 36.0 Å². The molecule has 0 unspecified atom stereocenters. The van der Waals surface area contributed by atoms with Gasteiger partial charge in [0.25, 0.3) is 0 Å². The molecule has 290 valence electrons. The van der Waals surface area contributed by atoms with Crippen LogP contribution in [0.4, 0.5) is 5.82 Å². The number of benzene rings is 3. The number of halogens is 1. The summed E-state index contributed by atoms with van der Waals surface area (Å²) >= 11 is 7.89. The largest absolute Gasteiger partial charge is 0.508 e. The highest BCUT2D eigenvalue weighted by molar-refractivity contribution is 7.22. The van der Waals surface area contributed by atoms with E-state index in [0.29, 0.717) is 46.9 Å². The molecule has 0 bridgehead atoms. The second kappa shape index (κ2) is 13.6. The van der Waals surface area contributed by atoms with Crippen LogP contribution >= 0.6 is 22.9 Å². The smallest absolute Gasteiger partial charge is 0.242 e. The molecule has 2 N–H and O–H groups in total. The van der Waals surface area contributed by atoms with Gasteiger partial charge in [0.05, 0.1) is 28.0 Å². The molecule has 12 heteroatoms. The fourth-order valence-electron chi connectivity index (χ4n) is 10.1. The molecule has 0 spiro atoms. The number of allylic oxidation sites excluding steroid dienone is 3. The first kappa shape index (κ1) is 37.1. The van der Waals surface area contributed by atoms with Crippen molar-refractivity contribution in [1.82, 2.24) is 14.7 Å². The molecule has 2 aliphatic heterocycles. The number of rotatable bonds is 8. The number of thiophene rings is 1. The first-order valence-corrected chi connectivity index (χ1v) is 20.4. The Balaban J connectivity index is 1.12. The zero-order valence-corrected chi connectivity index (χ0v) is 33.3. The maximum Gasteiger partial charge on any atom is 0.242 e. The van der Waals surface area contributed by atoms with Crippen molar-refractivity contribution in [2.75, 3.05) is 11.4 Å². The summed E-state index contributed by atoms with van der Waals surface area (Å²) < 4.78 is 2.60. The zero-order valence-electron chi connectivity index (χ0n) is 31.7. The summed E-state index contributed by atoms with van der Waals surface area (Å²) in [5.41, 5.74) is 3.10. The molecule has 9 rings (SSSR count). The Hall–Kier alpha value is -5.52. The summed E-state index contributed by atoms with van der Waals surface area (Å²) in [6, 6.07) is 19.7. The first-order valence-electron chi connectivity index (χ1n) is 19.2. The van der Waals surface area contributed by atoms with E-state index in [-0.39, 0.29) is 36.3 Å². The molecule has 6 atom stereocenters. The van der Waals surface area contributed by atoms with Gasteiger partial charge in [-0.25, -0.2) is 4.90 Å². The second-order valence-electron chi connectivity index (χ2n) is 16.0. The van der Waals surface area contributed by atoms with Crippen LogP contribution < -0.4 is 4.90 Å². The van der Waals surface area contributed by atoms with Gasteiger partial charge in [0.2, 0.25) is 23.6 Å². The molecule has 5 aromatic rings. The Morgan fingerprint density at radius 3 is 2.53 bits per heavy atom. The number of fused-ring (bicyclic) bond motifs is 5. The van der Waals surface area contributed by atoms with Crippen LogP contribution in [0.15, 0.2) is 91.0 Å². The number of hydrogen-bond donors (Lipinski definition) is 2. The maximum atomic E-state index is 15.2. The minimum atomic E-state index is -1.34. The Morgan fingerprint density at radius 1 is 1.00 bits per heavy atom. The topological polar surface area (TPSA) is 133 Å². The fraction of sp³-hybridized carbons (Fsp3) is 0.311. The van der Waals surface area contributed by atoms with Crippen LogP contribution in [-0.2, 0) is 39.1 Å². The molecular formula is C45H41ClN4O6S. The number of para-hydroxylation sites is 1. The van der Waals surface area contributed by atoms with Crippen LogP contribution in [0.5, 0.6) is 11.5 Å². The molecule has 0 radical (unpaired) electrons. The van der Waals surface area contributed by atoms with Crippen LogP contribution in [0.3, 0.4) is 0 Å². The van der Waals surface area contributed by atoms with Crippen molar-refractivity contribution in [1.29, 1.82) is 0 Å². The van der Waals surface area contributed by atoms with Crippen molar-refractivity contribution in [2.24, 2.45) is 36.1 Å². The van der Waals surface area contributed by atoms with E-state index in [2.05, 4.69) is 6.58 Å². The Labute approximate surface area is 338 Å². The number of imide groups is 2. The summed E-state index contributed by atoms with van der Waals surface area (Å²) in [6.45, 7) is 7.87. The number of aryl methyl sites for hydroxylation is 2. The van der Waals surface area contributed by atoms with Gasteiger partial charge in [-0.2, -0.15) is 5.10 Å².